The normalized spacial score (nSPS) is 10.9. The van der Waals surface area contributed by atoms with E-state index in [1.54, 1.807) is 0 Å². The lowest BCUT2D eigenvalue weighted by Crippen LogP contribution is -2.18. The Hall–Kier alpha value is -1.00. The molecule has 0 atom stereocenters. The Balaban J connectivity index is 3.23. The minimum Gasteiger partial charge on any atom is -0.404 e. The quantitative estimate of drug-likeness (QED) is 0.748. The zero-order valence-corrected chi connectivity index (χ0v) is 9.11. The van der Waals surface area contributed by atoms with E-state index < -0.39 is 17.7 Å². The van der Waals surface area contributed by atoms with Crippen LogP contribution in [0.2, 0.25) is 5.15 Å². The van der Waals surface area contributed by atoms with E-state index >= 15 is 0 Å². The fourth-order valence-corrected chi connectivity index (χ4v) is 1.48. The summed E-state index contributed by atoms with van der Waals surface area (Å²) in [6.45, 7) is 0. The molecule has 15 heavy (non-hydrogen) atoms. The molecule has 80 valence electrons. The van der Waals surface area contributed by atoms with Crippen LogP contribution in [0.3, 0.4) is 0 Å². The molecule has 0 aliphatic rings. The van der Waals surface area contributed by atoms with E-state index in [0.29, 0.717) is 0 Å². The van der Waals surface area contributed by atoms with Crippen LogP contribution in [0.15, 0.2) is 10.7 Å². The molecule has 0 aromatic carbocycles. The van der Waals surface area contributed by atoms with Crippen LogP contribution in [0, 0.1) is 11.3 Å². The van der Waals surface area contributed by atoms with Crippen molar-refractivity contribution in [3.8, 4) is 11.8 Å². The highest BCUT2D eigenvalue weighted by Crippen LogP contribution is 2.31. The van der Waals surface area contributed by atoms with Crippen LogP contribution in [-0.2, 0) is 0 Å². The number of halogens is 5. The number of aromatic nitrogens is 1. The third kappa shape index (κ3) is 3.25. The number of rotatable bonds is 1. The maximum Gasteiger partial charge on any atom is 0.573 e. The summed E-state index contributed by atoms with van der Waals surface area (Å²) in [4.78, 5) is 3.55. The topological polar surface area (TPSA) is 45.9 Å². The smallest absolute Gasteiger partial charge is 0.404 e. The summed E-state index contributed by atoms with van der Waals surface area (Å²) >= 11 is 8.28. The molecule has 0 fully saturated rings. The van der Waals surface area contributed by atoms with E-state index in [9.17, 15) is 13.2 Å². The maximum absolute atomic E-state index is 11.9. The van der Waals surface area contributed by atoms with Gasteiger partial charge in [0, 0.05) is 6.07 Å². The summed E-state index contributed by atoms with van der Waals surface area (Å²) in [5.74, 6) is -0.683. The van der Waals surface area contributed by atoms with Gasteiger partial charge in [0.05, 0.1) is 0 Å². The van der Waals surface area contributed by atoms with Crippen LogP contribution in [0.5, 0.6) is 5.75 Å². The number of hydrogen-bond donors (Lipinski definition) is 0. The Morgan fingerprint density at radius 1 is 1.53 bits per heavy atom. The van der Waals surface area contributed by atoms with Crippen LogP contribution < -0.4 is 4.74 Å². The molecule has 1 aromatic rings. The third-order valence-electron chi connectivity index (χ3n) is 1.25. The summed E-state index contributed by atoms with van der Waals surface area (Å²) in [5.41, 5.74) is -0.461. The van der Waals surface area contributed by atoms with E-state index in [4.69, 9.17) is 16.9 Å². The van der Waals surface area contributed by atoms with Crippen molar-refractivity contribution in [3.05, 3.63) is 21.4 Å². The zero-order valence-electron chi connectivity index (χ0n) is 6.77. The molecule has 0 N–H and O–H groups in total. The van der Waals surface area contributed by atoms with Crippen molar-refractivity contribution in [2.24, 2.45) is 0 Å². The molecule has 0 bridgehead atoms. The first-order valence-corrected chi connectivity index (χ1v) is 4.52. The molecular weight excluding hydrogens is 300 g/mol. The van der Waals surface area contributed by atoms with Gasteiger partial charge in [-0.3, -0.25) is 0 Å². The summed E-state index contributed by atoms with van der Waals surface area (Å²) in [6.07, 6.45) is -4.88. The third-order valence-corrected chi connectivity index (χ3v) is 1.93. The lowest BCUT2D eigenvalue weighted by molar-refractivity contribution is -0.274. The molecule has 0 aliphatic heterocycles. The van der Waals surface area contributed by atoms with Crippen LogP contribution >= 0.6 is 27.5 Å². The highest BCUT2D eigenvalue weighted by molar-refractivity contribution is 9.10. The summed E-state index contributed by atoms with van der Waals surface area (Å²) in [5, 5.41) is 8.19. The summed E-state index contributed by atoms with van der Waals surface area (Å²) in [6, 6.07) is 2.39. The number of alkyl halides is 3. The second-order valence-electron chi connectivity index (χ2n) is 2.27. The van der Waals surface area contributed by atoms with Gasteiger partial charge < -0.3 is 4.74 Å². The van der Waals surface area contributed by atoms with Crippen molar-refractivity contribution in [2.75, 3.05) is 0 Å². The van der Waals surface area contributed by atoms with Gasteiger partial charge in [0.1, 0.15) is 16.2 Å². The van der Waals surface area contributed by atoms with Crippen molar-refractivity contribution >= 4 is 27.5 Å². The van der Waals surface area contributed by atoms with Gasteiger partial charge in [0.15, 0.2) is 10.9 Å². The molecule has 0 saturated heterocycles. The molecule has 1 aromatic heterocycles. The number of nitrogens with zero attached hydrogens (tertiary/aromatic N) is 2. The standard InChI is InChI=1S/C7HBrClF3N2O/c8-5-1-4(15-7(10,11)12)3(2-13)6(9)14-5/h1H. The summed E-state index contributed by atoms with van der Waals surface area (Å²) in [7, 11) is 0. The minimum absolute atomic E-state index is 0.0470. The Morgan fingerprint density at radius 2 is 2.13 bits per heavy atom. The van der Waals surface area contributed by atoms with Gasteiger partial charge in [-0.1, -0.05) is 11.6 Å². The lowest BCUT2D eigenvalue weighted by atomic mass is 10.3. The molecule has 0 unspecified atom stereocenters. The van der Waals surface area contributed by atoms with Gasteiger partial charge in [-0.25, -0.2) is 4.98 Å². The van der Waals surface area contributed by atoms with Gasteiger partial charge in [-0.2, -0.15) is 5.26 Å². The van der Waals surface area contributed by atoms with Crippen LogP contribution in [0.1, 0.15) is 5.56 Å². The Labute approximate surface area is 95.6 Å². The Bertz CT molecular complexity index is 429. The first kappa shape index (κ1) is 12.1. The molecule has 3 nitrogen and oxygen atoms in total. The Kier molecular flexibility index (Phi) is 3.42. The molecule has 0 amide bonds. The number of nitriles is 1. The van der Waals surface area contributed by atoms with Crippen LogP contribution in [0.4, 0.5) is 13.2 Å². The van der Waals surface area contributed by atoms with Crippen molar-refractivity contribution in [1.29, 1.82) is 5.26 Å². The Morgan fingerprint density at radius 3 is 2.60 bits per heavy atom. The first-order chi connectivity index (χ1) is 6.83. The van der Waals surface area contributed by atoms with Crippen molar-refractivity contribution in [2.45, 2.75) is 6.36 Å². The molecular formula is C7HBrClF3N2O. The van der Waals surface area contributed by atoms with Gasteiger partial charge in [0.2, 0.25) is 0 Å². The maximum atomic E-state index is 11.9. The van der Waals surface area contributed by atoms with Crippen molar-refractivity contribution < 1.29 is 17.9 Å². The second-order valence-corrected chi connectivity index (χ2v) is 3.44. The fraction of sp³-hybridized carbons (Fsp3) is 0.143. The predicted molar refractivity (Wildman–Crippen MR) is 48.3 cm³/mol. The van der Waals surface area contributed by atoms with Crippen LogP contribution in [-0.4, -0.2) is 11.3 Å². The van der Waals surface area contributed by atoms with E-state index in [1.165, 1.54) is 6.07 Å². The molecule has 0 radical (unpaired) electrons. The molecule has 0 aliphatic carbocycles. The average Bonchev–Trinajstić information content (AvgIpc) is 1.99. The number of ether oxygens (including phenoxy) is 1. The summed E-state index contributed by atoms with van der Waals surface area (Å²) < 4.78 is 39.4. The van der Waals surface area contributed by atoms with E-state index in [-0.39, 0.29) is 9.76 Å². The molecule has 8 heteroatoms. The van der Waals surface area contributed by atoms with Crippen LogP contribution in [0.25, 0.3) is 0 Å². The number of pyridine rings is 1. The number of hydrogen-bond acceptors (Lipinski definition) is 3. The second kappa shape index (κ2) is 4.24. The van der Waals surface area contributed by atoms with Crippen molar-refractivity contribution in [3.63, 3.8) is 0 Å². The predicted octanol–water partition coefficient (Wildman–Crippen LogP) is 3.27. The SMILES string of the molecule is N#Cc1c(OC(F)(F)F)cc(Br)nc1Cl. The molecule has 1 heterocycles. The van der Waals surface area contributed by atoms with E-state index in [1.807, 2.05) is 0 Å². The molecule has 0 saturated carbocycles. The first-order valence-electron chi connectivity index (χ1n) is 3.35. The monoisotopic (exact) mass is 300 g/mol. The van der Waals surface area contributed by atoms with Gasteiger partial charge >= 0.3 is 6.36 Å². The largest absolute Gasteiger partial charge is 0.573 e. The highest BCUT2D eigenvalue weighted by Gasteiger charge is 2.33. The highest BCUT2D eigenvalue weighted by atomic mass is 79.9. The lowest BCUT2D eigenvalue weighted by Gasteiger charge is -2.10. The van der Waals surface area contributed by atoms with E-state index in [2.05, 4.69) is 25.7 Å². The fourth-order valence-electron chi connectivity index (χ4n) is 0.770. The molecule has 1 rings (SSSR count). The zero-order chi connectivity index (χ0) is 11.6. The average molecular weight is 301 g/mol. The van der Waals surface area contributed by atoms with E-state index in [0.717, 1.165) is 6.07 Å². The van der Waals surface area contributed by atoms with Gasteiger partial charge in [0.25, 0.3) is 0 Å². The van der Waals surface area contributed by atoms with Gasteiger partial charge in [-0.15, -0.1) is 13.2 Å². The van der Waals surface area contributed by atoms with Gasteiger partial charge in [-0.05, 0) is 15.9 Å². The minimum atomic E-state index is -4.88. The van der Waals surface area contributed by atoms with Crippen molar-refractivity contribution in [1.82, 2.24) is 4.98 Å². The molecule has 0 spiro atoms.